The summed E-state index contributed by atoms with van der Waals surface area (Å²) in [6.07, 6.45) is 3.36. The van der Waals surface area contributed by atoms with Gasteiger partial charge in [0.05, 0.1) is 13.3 Å². The molecule has 1 N–H and O–H groups in total. The van der Waals surface area contributed by atoms with E-state index in [1.54, 1.807) is 39.0 Å². The minimum absolute atomic E-state index is 0.00330. The van der Waals surface area contributed by atoms with Crippen LogP contribution in [0.5, 0.6) is 11.5 Å². The van der Waals surface area contributed by atoms with Crippen molar-refractivity contribution < 1.29 is 23.8 Å². The van der Waals surface area contributed by atoms with Crippen LogP contribution in [0.3, 0.4) is 0 Å². The normalized spacial score (nSPS) is 11.3. The topological polar surface area (TPSA) is 117 Å². The second-order valence-corrected chi connectivity index (χ2v) is 6.36. The average molecular weight is 375 g/mol. The van der Waals surface area contributed by atoms with Crippen LogP contribution in [0, 0.1) is 0 Å². The van der Waals surface area contributed by atoms with Gasteiger partial charge in [-0.05, 0) is 44.5 Å². The zero-order valence-corrected chi connectivity index (χ0v) is 15.5. The van der Waals surface area contributed by atoms with E-state index in [-0.39, 0.29) is 18.2 Å². The van der Waals surface area contributed by atoms with Gasteiger partial charge in [0.25, 0.3) is 5.91 Å². The number of aromatic nitrogens is 3. The summed E-state index contributed by atoms with van der Waals surface area (Å²) >= 11 is 0. The van der Waals surface area contributed by atoms with Crippen LogP contribution in [-0.2, 0) is 16.1 Å². The summed E-state index contributed by atoms with van der Waals surface area (Å²) in [5.41, 5.74) is 2.34. The molecule has 10 heteroatoms. The number of nitrogens with one attached hydrogen (secondary N) is 1. The van der Waals surface area contributed by atoms with Crippen LogP contribution in [-0.4, -0.2) is 45.8 Å². The molecule has 1 aromatic carbocycles. The smallest absolute Gasteiger partial charge is 0.493 e. The number of rotatable bonds is 6. The molecule has 1 heterocycles. The average Bonchev–Trinajstić information content (AvgIpc) is 3.07. The third kappa shape index (κ3) is 6.77. The monoisotopic (exact) mass is 375 g/mol. The quantitative estimate of drug-likeness (QED) is 0.354. The van der Waals surface area contributed by atoms with Crippen LogP contribution >= 0.6 is 0 Å². The highest BCUT2D eigenvalue weighted by atomic mass is 16.7. The summed E-state index contributed by atoms with van der Waals surface area (Å²) in [5.74, 6) is 0.173. The fraction of sp³-hybridized carbons (Fsp3) is 0.353. The van der Waals surface area contributed by atoms with Crippen LogP contribution in [0.4, 0.5) is 4.79 Å². The van der Waals surface area contributed by atoms with Crippen molar-refractivity contribution in [1.29, 1.82) is 0 Å². The SMILES string of the molecule is COc1cc(/C=N/NC(=O)Cn2cncn2)ccc1OC(=O)OC(C)(C)C. The lowest BCUT2D eigenvalue weighted by molar-refractivity contribution is -0.121. The Bertz CT molecular complexity index is 812. The van der Waals surface area contributed by atoms with Crippen molar-refractivity contribution in [2.75, 3.05) is 7.11 Å². The fourth-order valence-electron chi connectivity index (χ4n) is 1.89. The molecule has 0 aliphatic rings. The summed E-state index contributed by atoms with van der Waals surface area (Å²) in [7, 11) is 1.44. The largest absolute Gasteiger partial charge is 0.514 e. The summed E-state index contributed by atoms with van der Waals surface area (Å²) in [6.45, 7) is 5.22. The highest BCUT2D eigenvalue weighted by Crippen LogP contribution is 2.28. The Kier molecular flexibility index (Phi) is 6.47. The Morgan fingerprint density at radius 2 is 2.07 bits per heavy atom. The molecular weight excluding hydrogens is 354 g/mol. The summed E-state index contributed by atoms with van der Waals surface area (Å²) in [5, 5.41) is 7.69. The lowest BCUT2D eigenvalue weighted by Gasteiger charge is -2.19. The predicted molar refractivity (Wildman–Crippen MR) is 95.6 cm³/mol. The van der Waals surface area contributed by atoms with E-state index in [0.29, 0.717) is 11.3 Å². The number of carbonyl (C=O) groups is 2. The number of benzene rings is 1. The molecule has 0 atom stereocenters. The molecule has 2 rings (SSSR count). The molecule has 0 unspecified atom stereocenters. The summed E-state index contributed by atoms with van der Waals surface area (Å²) in [4.78, 5) is 27.2. The van der Waals surface area contributed by atoms with Gasteiger partial charge >= 0.3 is 6.16 Å². The zero-order chi connectivity index (χ0) is 19.9. The van der Waals surface area contributed by atoms with Crippen molar-refractivity contribution >= 4 is 18.3 Å². The third-order valence-corrected chi connectivity index (χ3v) is 2.95. The van der Waals surface area contributed by atoms with Crippen LogP contribution in [0.1, 0.15) is 26.3 Å². The Morgan fingerprint density at radius 3 is 2.70 bits per heavy atom. The number of carbonyl (C=O) groups excluding carboxylic acids is 2. The number of methoxy groups -OCH3 is 1. The first-order valence-corrected chi connectivity index (χ1v) is 8.00. The van der Waals surface area contributed by atoms with E-state index in [9.17, 15) is 9.59 Å². The van der Waals surface area contributed by atoms with E-state index < -0.39 is 11.8 Å². The maximum absolute atomic E-state index is 11.8. The number of nitrogens with zero attached hydrogens (tertiary/aromatic N) is 4. The van der Waals surface area contributed by atoms with Gasteiger partial charge in [-0.1, -0.05) is 0 Å². The Labute approximate surface area is 156 Å². The van der Waals surface area contributed by atoms with Gasteiger partial charge in [-0.2, -0.15) is 10.2 Å². The first kappa shape index (κ1) is 19.9. The predicted octanol–water partition coefficient (Wildman–Crippen LogP) is 1.75. The summed E-state index contributed by atoms with van der Waals surface area (Å²) in [6, 6.07) is 4.80. The standard InChI is InChI=1S/C17H21N5O5/c1-17(2,3)27-16(24)26-13-6-5-12(7-14(13)25-4)8-19-21-15(23)9-22-11-18-10-20-22/h5-8,10-11H,9H2,1-4H3,(H,21,23)/b19-8+. The van der Waals surface area contributed by atoms with Crippen LogP contribution in [0.15, 0.2) is 36.0 Å². The maximum atomic E-state index is 11.8. The number of amides is 1. The van der Waals surface area contributed by atoms with E-state index in [1.807, 2.05) is 0 Å². The molecule has 0 saturated heterocycles. The minimum Gasteiger partial charge on any atom is -0.493 e. The van der Waals surface area contributed by atoms with Gasteiger partial charge in [0, 0.05) is 0 Å². The molecule has 1 amide bonds. The highest BCUT2D eigenvalue weighted by Gasteiger charge is 2.19. The molecule has 27 heavy (non-hydrogen) atoms. The first-order valence-electron chi connectivity index (χ1n) is 8.00. The number of hydrogen-bond donors (Lipinski definition) is 1. The number of hydrazone groups is 1. The second-order valence-electron chi connectivity index (χ2n) is 6.36. The van der Waals surface area contributed by atoms with Crippen LogP contribution in [0.2, 0.25) is 0 Å². The van der Waals surface area contributed by atoms with Crippen molar-refractivity contribution in [1.82, 2.24) is 20.2 Å². The van der Waals surface area contributed by atoms with E-state index in [4.69, 9.17) is 14.2 Å². The molecule has 0 bridgehead atoms. The van der Waals surface area contributed by atoms with Crippen molar-refractivity contribution in [2.45, 2.75) is 32.9 Å². The molecule has 0 aliphatic heterocycles. The highest BCUT2D eigenvalue weighted by molar-refractivity contribution is 5.83. The second kappa shape index (κ2) is 8.79. The molecule has 0 saturated carbocycles. The molecule has 0 fully saturated rings. The number of ether oxygens (including phenoxy) is 3. The molecule has 10 nitrogen and oxygen atoms in total. The van der Waals surface area contributed by atoms with E-state index in [2.05, 4.69) is 20.6 Å². The molecule has 0 aliphatic carbocycles. The Morgan fingerprint density at radius 1 is 1.30 bits per heavy atom. The first-order chi connectivity index (χ1) is 12.8. The third-order valence-electron chi connectivity index (χ3n) is 2.95. The molecular formula is C17H21N5O5. The minimum atomic E-state index is -0.831. The molecule has 0 radical (unpaired) electrons. The van der Waals surface area contributed by atoms with Gasteiger partial charge in [-0.3, -0.25) is 4.79 Å². The van der Waals surface area contributed by atoms with Crippen LogP contribution in [0.25, 0.3) is 0 Å². The number of hydrogen-bond acceptors (Lipinski definition) is 8. The lowest BCUT2D eigenvalue weighted by Crippen LogP contribution is -2.26. The summed E-state index contributed by atoms with van der Waals surface area (Å²) < 4.78 is 16.8. The molecule has 0 spiro atoms. The van der Waals surface area contributed by atoms with Gasteiger partial charge in [0.15, 0.2) is 11.5 Å². The molecule has 2 aromatic rings. The molecule has 1 aromatic heterocycles. The van der Waals surface area contributed by atoms with E-state index in [1.165, 1.54) is 30.7 Å². The molecule has 144 valence electrons. The van der Waals surface area contributed by atoms with Gasteiger partial charge in [-0.25, -0.2) is 19.9 Å². The maximum Gasteiger partial charge on any atom is 0.514 e. The van der Waals surface area contributed by atoms with Crippen LogP contribution < -0.4 is 14.9 Å². The van der Waals surface area contributed by atoms with Crippen molar-refractivity contribution in [3.05, 3.63) is 36.4 Å². The van der Waals surface area contributed by atoms with Gasteiger partial charge in [0.1, 0.15) is 24.8 Å². The van der Waals surface area contributed by atoms with Gasteiger partial charge < -0.3 is 14.2 Å². The van der Waals surface area contributed by atoms with Crippen molar-refractivity contribution in [3.8, 4) is 11.5 Å². The van der Waals surface area contributed by atoms with E-state index >= 15 is 0 Å². The van der Waals surface area contributed by atoms with Gasteiger partial charge in [0.2, 0.25) is 0 Å². The van der Waals surface area contributed by atoms with Crippen molar-refractivity contribution in [2.24, 2.45) is 5.10 Å². The Hall–Kier alpha value is -3.43. The zero-order valence-electron chi connectivity index (χ0n) is 15.5. The lowest BCUT2D eigenvalue weighted by atomic mass is 10.2. The van der Waals surface area contributed by atoms with E-state index in [0.717, 1.165) is 0 Å². The fourth-order valence-corrected chi connectivity index (χ4v) is 1.89. The van der Waals surface area contributed by atoms with Gasteiger partial charge in [-0.15, -0.1) is 0 Å². The van der Waals surface area contributed by atoms with Crippen molar-refractivity contribution in [3.63, 3.8) is 0 Å². The Balaban J connectivity index is 1.96.